The third-order valence-corrected chi connectivity index (χ3v) is 1.21. The number of nitrogens with zero attached hydrogens (tertiary/aromatic N) is 1. The van der Waals surface area contributed by atoms with E-state index in [-0.39, 0.29) is 0 Å². The van der Waals surface area contributed by atoms with Crippen LogP contribution in [0.25, 0.3) is 0 Å². The maximum atomic E-state index is 5.53. The molecule has 52 valence electrons. The lowest BCUT2D eigenvalue weighted by molar-refractivity contribution is 1.17. The molecule has 0 amide bonds. The van der Waals surface area contributed by atoms with E-state index in [2.05, 4.69) is 4.99 Å². The summed E-state index contributed by atoms with van der Waals surface area (Å²) in [6, 6.07) is 0. The Kier molecular flexibility index (Phi) is 3.76. The number of nitrogens with two attached hydrogens (primary N) is 1. The zero-order chi connectivity index (χ0) is 7.28. The first-order valence-corrected chi connectivity index (χ1v) is 3.03. The fraction of sp³-hybridized carbons (Fsp3) is 0.571. The van der Waals surface area contributed by atoms with Crippen LogP contribution in [0.2, 0.25) is 0 Å². The van der Waals surface area contributed by atoms with E-state index >= 15 is 0 Å². The van der Waals surface area contributed by atoms with E-state index in [1.165, 1.54) is 0 Å². The molecule has 0 aliphatic carbocycles. The van der Waals surface area contributed by atoms with Crippen LogP contribution in [-0.2, 0) is 0 Å². The van der Waals surface area contributed by atoms with Crippen molar-refractivity contribution in [1.29, 1.82) is 0 Å². The van der Waals surface area contributed by atoms with E-state index in [1.54, 1.807) is 7.05 Å². The van der Waals surface area contributed by atoms with Gasteiger partial charge in [-0.15, -0.1) is 0 Å². The molecule has 0 atom stereocenters. The number of aliphatic imine (C=N–C) groups is 1. The van der Waals surface area contributed by atoms with Gasteiger partial charge in [0.15, 0.2) is 0 Å². The second-order valence-electron chi connectivity index (χ2n) is 2.00. The van der Waals surface area contributed by atoms with Crippen molar-refractivity contribution in [3.63, 3.8) is 0 Å². The number of hydrogen-bond acceptors (Lipinski definition) is 2. The summed E-state index contributed by atoms with van der Waals surface area (Å²) in [5, 5.41) is 0. The van der Waals surface area contributed by atoms with Gasteiger partial charge in [0, 0.05) is 24.9 Å². The molecule has 0 rings (SSSR count). The quantitative estimate of drug-likeness (QED) is 0.557. The number of allylic oxidation sites excluding steroid dienone is 2. The minimum atomic E-state index is 0.799. The molecule has 9 heavy (non-hydrogen) atoms. The van der Waals surface area contributed by atoms with Crippen LogP contribution in [-0.4, -0.2) is 12.8 Å². The summed E-state index contributed by atoms with van der Waals surface area (Å²) in [6.45, 7) is 3.90. The molecule has 0 aliphatic rings. The standard InChI is InChI=1S/C7H14N2/c1-4-7(8)5-6(2)9-3/h4H,5,8H2,1-3H3/b7-4+,9-6?. The third-order valence-electron chi connectivity index (χ3n) is 1.21. The SMILES string of the molecule is C/C=C(/N)CC(C)=NC. The normalized spacial score (nSPS) is 14.1. The molecular weight excluding hydrogens is 112 g/mol. The summed E-state index contributed by atoms with van der Waals surface area (Å²) in [4.78, 5) is 3.97. The van der Waals surface area contributed by atoms with Gasteiger partial charge in [-0.05, 0) is 13.8 Å². The highest BCUT2D eigenvalue weighted by Crippen LogP contribution is 1.93. The Bertz CT molecular complexity index is 118. The molecule has 0 radical (unpaired) electrons. The van der Waals surface area contributed by atoms with Crippen molar-refractivity contribution in [2.75, 3.05) is 7.05 Å². The molecule has 0 unspecified atom stereocenters. The van der Waals surface area contributed by atoms with Crippen molar-refractivity contribution in [1.82, 2.24) is 0 Å². The molecule has 2 nitrogen and oxygen atoms in total. The molecule has 0 aliphatic heterocycles. The van der Waals surface area contributed by atoms with E-state index in [0.717, 1.165) is 17.8 Å². The lowest BCUT2D eigenvalue weighted by atomic mass is 10.2. The van der Waals surface area contributed by atoms with Crippen molar-refractivity contribution < 1.29 is 0 Å². The fourth-order valence-corrected chi connectivity index (χ4v) is 0.477. The maximum absolute atomic E-state index is 5.53. The molecular formula is C7H14N2. The largest absolute Gasteiger partial charge is 0.402 e. The molecule has 2 heteroatoms. The highest BCUT2D eigenvalue weighted by molar-refractivity contribution is 5.83. The molecule has 0 aromatic rings. The average Bonchev–Trinajstić information content (AvgIpc) is 1.87. The molecule has 0 heterocycles. The first kappa shape index (κ1) is 8.21. The first-order chi connectivity index (χ1) is 4.20. The Morgan fingerprint density at radius 3 is 2.56 bits per heavy atom. The minimum absolute atomic E-state index is 0.799. The smallest absolute Gasteiger partial charge is 0.0276 e. The van der Waals surface area contributed by atoms with Crippen molar-refractivity contribution in [2.45, 2.75) is 20.3 Å². The summed E-state index contributed by atoms with van der Waals surface area (Å²) in [5.74, 6) is 0. The summed E-state index contributed by atoms with van der Waals surface area (Å²) in [5.41, 5.74) is 7.49. The van der Waals surface area contributed by atoms with E-state index in [9.17, 15) is 0 Å². The van der Waals surface area contributed by atoms with Gasteiger partial charge in [-0.25, -0.2) is 0 Å². The van der Waals surface area contributed by atoms with Gasteiger partial charge in [-0.3, -0.25) is 4.99 Å². The van der Waals surface area contributed by atoms with E-state index in [1.807, 2.05) is 19.9 Å². The molecule has 0 bridgehead atoms. The van der Waals surface area contributed by atoms with Crippen LogP contribution >= 0.6 is 0 Å². The van der Waals surface area contributed by atoms with Gasteiger partial charge < -0.3 is 5.73 Å². The van der Waals surface area contributed by atoms with Gasteiger partial charge in [-0.1, -0.05) is 6.08 Å². The van der Waals surface area contributed by atoms with E-state index in [4.69, 9.17) is 5.73 Å². The first-order valence-electron chi connectivity index (χ1n) is 3.03. The molecule has 0 saturated heterocycles. The Morgan fingerprint density at radius 1 is 1.67 bits per heavy atom. The Morgan fingerprint density at radius 2 is 2.22 bits per heavy atom. The van der Waals surface area contributed by atoms with Crippen LogP contribution < -0.4 is 5.73 Å². The zero-order valence-corrected chi connectivity index (χ0v) is 6.31. The van der Waals surface area contributed by atoms with E-state index < -0.39 is 0 Å². The lowest BCUT2D eigenvalue weighted by Gasteiger charge is -1.97. The fourth-order valence-electron chi connectivity index (χ4n) is 0.477. The Hall–Kier alpha value is -0.790. The highest BCUT2D eigenvalue weighted by Gasteiger charge is 1.89. The van der Waals surface area contributed by atoms with Crippen LogP contribution in [0.5, 0.6) is 0 Å². The minimum Gasteiger partial charge on any atom is -0.402 e. The molecule has 2 N–H and O–H groups in total. The summed E-state index contributed by atoms with van der Waals surface area (Å²) >= 11 is 0. The van der Waals surface area contributed by atoms with Crippen LogP contribution in [0.1, 0.15) is 20.3 Å². The second-order valence-corrected chi connectivity index (χ2v) is 2.00. The van der Waals surface area contributed by atoms with E-state index in [0.29, 0.717) is 0 Å². The van der Waals surface area contributed by atoms with Crippen LogP contribution in [0.3, 0.4) is 0 Å². The molecule has 0 aromatic heterocycles. The molecule has 0 saturated carbocycles. The highest BCUT2D eigenvalue weighted by atomic mass is 14.7. The maximum Gasteiger partial charge on any atom is 0.0276 e. The topological polar surface area (TPSA) is 38.4 Å². The lowest BCUT2D eigenvalue weighted by Crippen LogP contribution is -2.02. The van der Waals surface area contributed by atoms with Crippen molar-refractivity contribution in [2.24, 2.45) is 10.7 Å². The Labute approximate surface area is 56.5 Å². The predicted molar refractivity (Wildman–Crippen MR) is 41.6 cm³/mol. The Balaban J connectivity index is 3.75. The van der Waals surface area contributed by atoms with Crippen LogP contribution in [0.4, 0.5) is 0 Å². The van der Waals surface area contributed by atoms with Crippen LogP contribution in [0.15, 0.2) is 16.8 Å². The molecule has 0 fully saturated rings. The van der Waals surface area contributed by atoms with Crippen molar-refractivity contribution >= 4 is 5.71 Å². The summed E-state index contributed by atoms with van der Waals surface area (Å²) in [7, 11) is 1.78. The van der Waals surface area contributed by atoms with Crippen molar-refractivity contribution in [3.05, 3.63) is 11.8 Å². The van der Waals surface area contributed by atoms with Crippen molar-refractivity contribution in [3.8, 4) is 0 Å². The predicted octanol–water partition coefficient (Wildman–Crippen LogP) is 1.33. The number of rotatable bonds is 2. The van der Waals surface area contributed by atoms with Gasteiger partial charge in [0.05, 0.1) is 0 Å². The van der Waals surface area contributed by atoms with Gasteiger partial charge in [-0.2, -0.15) is 0 Å². The van der Waals surface area contributed by atoms with Gasteiger partial charge in [0.1, 0.15) is 0 Å². The summed E-state index contributed by atoms with van der Waals surface area (Å²) in [6.07, 6.45) is 2.70. The monoisotopic (exact) mass is 126 g/mol. The summed E-state index contributed by atoms with van der Waals surface area (Å²) < 4.78 is 0. The van der Waals surface area contributed by atoms with Crippen LogP contribution in [0, 0.1) is 0 Å². The zero-order valence-electron chi connectivity index (χ0n) is 6.31. The van der Waals surface area contributed by atoms with Gasteiger partial charge >= 0.3 is 0 Å². The van der Waals surface area contributed by atoms with Gasteiger partial charge in [0.25, 0.3) is 0 Å². The average molecular weight is 126 g/mol. The molecule has 0 spiro atoms. The number of hydrogen-bond donors (Lipinski definition) is 1. The molecule has 0 aromatic carbocycles. The third kappa shape index (κ3) is 3.76. The second kappa shape index (κ2) is 4.13. The van der Waals surface area contributed by atoms with Gasteiger partial charge in [0.2, 0.25) is 0 Å².